The SMILES string of the molecule is CCOc1ccc(NC(=O)CSc2nc[nH][n+]2-c2ccccc2)cc1. The lowest BCUT2D eigenvalue weighted by Gasteiger charge is -2.06. The Morgan fingerprint density at radius 2 is 1.96 bits per heavy atom. The van der Waals surface area contributed by atoms with E-state index in [1.807, 2.05) is 66.2 Å². The van der Waals surface area contributed by atoms with Gasteiger partial charge >= 0.3 is 5.16 Å². The Labute approximate surface area is 150 Å². The molecule has 0 aliphatic rings. The highest BCUT2D eigenvalue weighted by atomic mass is 32.2. The van der Waals surface area contributed by atoms with Crippen LogP contribution in [0.3, 0.4) is 0 Å². The van der Waals surface area contributed by atoms with Crippen LogP contribution in [-0.4, -0.2) is 28.3 Å². The number of carbonyl (C=O) groups is 1. The highest BCUT2D eigenvalue weighted by Gasteiger charge is 2.18. The predicted octanol–water partition coefficient (Wildman–Crippen LogP) is 2.82. The van der Waals surface area contributed by atoms with E-state index in [0.717, 1.165) is 22.3 Å². The number of aromatic amines is 1. The zero-order valence-corrected chi connectivity index (χ0v) is 14.6. The highest BCUT2D eigenvalue weighted by Crippen LogP contribution is 2.17. The first-order valence-corrected chi connectivity index (χ1v) is 8.91. The Morgan fingerprint density at radius 1 is 1.20 bits per heavy atom. The molecule has 2 N–H and O–H groups in total. The molecule has 7 heteroatoms. The number of nitrogens with one attached hydrogen (secondary N) is 2. The van der Waals surface area contributed by atoms with Crippen molar-refractivity contribution >= 4 is 23.4 Å². The van der Waals surface area contributed by atoms with E-state index >= 15 is 0 Å². The van der Waals surface area contributed by atoms with E-state index in [2.05, 4.69) is 15.4 Å². The standard InChI is InChI=1S/C18H18N4O2S/c1-2-24-16-10-8-14(9-11-16)21-17(23)12-25-18-19-13-20-22(18)15-6-4-3-5-7-15/h3-11,13H,2,12H2,1H3,(H,21,23)/p+1. The average molecular weight is 355 g/mol. The summed E-state index contributed by atoms with van der Waals surface area (Å²) in [6.07, 6.45) is 1.61. The molecule has 128 valence electrons. The zero-order chi connectivity index (χ0) is 17.5. The lowest BCUT2D eigenvalue weighted by atomic mass is 10.3. The molecule has 1 aromatic heterocycles. The highest BCUT2D eigenvalue weighted by molar-refractivity contribution is 7.99. The molecule has 0 radical (unpaired) electrons. The Bertz CT molecular complexity index is 819. The maximum atomic E-state index is 12.2. The first-order valence-electron chi connectivity index (χ1n) is 7.92. The van der Waals surface area contributed by atoms with E-state index in [1.165, 1.54) is 11.8 Å². The molecule has 3 rings (SSSR count). The molecule has 0 bridgehead atoms. The molecule has 0 saturated heterocycles. The summed E-state index contributed by atoms with van der Waals surface area (Å²) in [6, 6.07) is 17.1. The molecular formula is C18H19N4O2S+. The Kier molecular flexibility index (Phi) is 5.69. The molecule has 0 fully saturated rings. The number of carbonyl (C=O) groups excluding carboxylic acids is 1. The molecule has 0 atom stereocenters. The van der Waals surface area contributed by atoms with E-state index in [9.17, 15) is 4.79 Å². The van der Waals surface area contributed by atoms with Crippen LogP contribution in [0.25, 0.3) is 5.69 Å². The van der Waals surface area contributed by atoms with Crippen LogP contribution in [0.5, 0.6) is 5.75 Å². The first kappa shape index (κ1) is 17.0. The topological polar surface area (TPSA) is 70.9 Å². The van der Waals surface area contributed by atoms with E-state index in [4.69, 9.17) is 4.74 Å². The maximum Gasteiger partial charge on any atom is 0.385 e. The number of anilines is 1. The number of hydrogen-bond acceptors (Lipinski definition) is 4. The van der Waals surface area contributed by atoms with Gasteiger partial charge in [0, 0.05) is 5.69 Å². The summed E-state index contributed by atoms with van der Waals surface area (Å²) in [7, 11) is 0. The van der Waals surface area contributed by atoms with Gasteiger partial charge in [-0.3, -0.25) is 4.79 Å². The van der Waals surface area contributed by atoms with Crippen LogP contribution in [0.2, 0.25) is 0 Å². The maximum absolute atomic E-state index is 12.2. The van der Waals surface area contributed by atoms with Gasteiger partial charge in [-0.1, -0.05) is 18.2 Å². The molecule has 0 aliphatic carbocycles. The van der Waals surface area contributed by atoms with E-state index in [-0.39, 0.29) is 11.7 Å². The minimum atomic E-state index is -0.0863. The van der Waals surface area contributed by atoms with Crippen molar-refractivity contribution in [2.24, 2.45) is 0 Å². The minimum absolute atomic E-state index is 0.0863. The van der Waals surface area contributed by atoms with Crippen molar-refractivity contribution in [3.63, 3.8) is 0 Å². The monoisotopic (exact) mass is 355 g/mol. The fourth-order valence-corrected chi connectivity index (χ4v) is 2.99. The van der Waals surface area contributed by atoms with Crippen LogP contribution in [0.15, 0.2) is 66.1 Å². The first-order chi connectivity index (χ1) is 12.3. The molecule has 3 aromatic rings. The van der Waals surface area contributed by atoms with Gasteiger partial charge < -0.3 is 10.1 Å². The number of hydrogen-bond donors (Lipinski definition) is 2. The minimum Gasteiger partial charge on any atom is -0.494 e. The lowest BCUT2D eigenvalue weighted by Crippen LogP contribution is -2.35. The van der Waals surface area contributed by atoms with Crippen molar-refractivity contribution in [1.82, 2.24) is 10.1 Å². The molecule has 1 heterocycles. The van der Waals surface area contributed by atoms with E-state index in [1.54, 1.807) is 6.33 Å². The number of ether oxygens (including phenoxy) is 1. The molecule has 0 saturated carbocycles. The molecule has 2 aromatic carbocycles. The van der Waals surface area contributed by atoms with Gasteiger partial charge in [0.05, 0.1) is 12.4 Å². The largest absolute Gasteiger partial charge is 0.494 e. The summed E-state index contributed by atoms with van der Waals surface area (Å²) in [6.45, 7) is 2.55. The van der Waals surface area contributed by atoms with Crippen LogP contribution < -0.4 is 14.7 Å². The molecule has 1 amide bonds. The van der Waals surface area contributed by atoms with Gasteiger partial charge in [-0.2, -0.15) is 5.10 Å². The van der Waals surface area contributed by atoms with Crippen LogP contribution in [0.1, 0.15) is 6.92 Å². The summed E-state index contributed by atoms with van der Waals surface area (Å²) in [5, 5.41) is 6.65. The molecule has 0 aliphatic heterocycles. The van der Waals surface area contributed by atoms with Gasteiger partial charge in [0.2, 0.25) is 12.2 Å². The Balaban J connectivity index is 1.57. The number of H-pyrrole nitrogens is 1. The number of aromatic nitrogens is 3. The van der Waals surface area contributed by atoms with Crippen molar-refractivity contribution in [2.75, 3.05) is 17.7 Å². The van der Waals surface area contributed by atoms with E-state index in [0.29, 0.717) is 6.61 Å². The Morgan fingerprint density at radius 3 is 2.68 bits per heavy atom. The number of thioether (sulfide) groups is 1. The van der Waals surface area contributed by atoms with Crippen LogP contribution in [0, 0.1) is 0 Å². The smallest absolute Gasteiger partial charge is 0.385 e. The number of amides is 1. The van der Waals surface area contributed by atoms with Gasteiger partial charge in [0.15, 0.2) is 5.69 Å². The van der Waals surface area contributed by atoms with Crippen LogP contribution >= 0.6 is 11.8 Å². The molecular weight excluding hydrogens is 336 g/mol. The third kappa shape index (κ3) is 4.60. The number of benzene rings is 2. The quantitative estimate of drug-likeness (QED) is 0.505. The normalized spacial score (nSPS) is 10.4. The Hall–Kier alpha value is -2.80. The summed E-state index contributed by atoms with van der Waals surface area (Å²) < 4.78 is 7.23. The summed E-state index contributed by atoms with van der Waals surface area (Å²) in [5.74, 6) is 0.970. The fraction of sp³-hybridized carbons (Fsp3) is 0.167. The van der Waals surface area contributed by atoms with Crippen molar-refractivity contribution in [3.05, 3.63) is 60.9 Å². The van der Waals surface area contributed by atoms with Gasteiger partial charge in [-0.25, -0.2) is 0 Å². The summed E-state index contributed by atoms with van der Waals surface area (Å²) >= 11 is 1.37. The van der Waals surface area contributed by atoms with Gasteiger partial charge in [-0.15, -0.1) is 4.68 Å². The predicted molar refractivity (Wildman–Crippen MR) is 97.1 cm³/mol. The average Bonchev–Trinajstić information content (AvgIpc) is 3.11. The van der Waals surface area contributed by atoms with Gasteiger partial charge in [0.1, 0.15) is 5.75 Å². The van der Waals surface area contributed by atoms with Crippen LogP contribution in [0.4, 0.5) is 5.69 Å². The van der Waals surface area contributed by atoms with Crippen molar-refractivity contribution < 1.29 is 14.2 Å². The number of rotatable bonds is 7. The van der Waals surface area contributed by atoms with Gasteiger partial charge in [-0.05, 0) is 60.1 Å². The van der Waals surface area contributed by atoms with Gasteiger partial charge in [0.25, 0.3) is 0 Å². The van der Waals surface area contributed by atoms with Crippen molar-refractivity contribution in [3.8, 4) is 11.4 Å². The zero-order valence-electron chi connectivity index (χ0n) is 13.8. The van der Waals surface area contributed by atoms with Crippen molar-refractivity contribution in [1.29, 1.82) is 0 Å². The molecule has 0 unspecified atom stereocenters. The van der Waals surface area contributed by atoms with Crippen LogP contribution in [-0.2, 0) is 4.79 Å². The van der Waals surface area contributed by atoms with E-state index < -0.39 is 0 Å². The molecule has 25 heavy (non-hydrogen) atoms. The molecule has 0 spiro atoms. The summed E-state index contributed by atoms with van der Waals surface area (Å²) in [4.78, 5) is 16.4. The lowest BCUT2D eigenvalue weighted by molar-refractivity contribution is -0.694. The van der Waals surface area contributed by atoms with Crippen molar-refractivity contribution in [2.45, 2.75) is 12.1 Å². The fourth-order valence-electron chi connectivity index (χ4n) is 2.25. The third-order valence-corrected chi connectivity index (χ3v) is 4.30. The number of nitrogens with zero attached hydrogens (tertiary/aromatic N) is 2. The number of para-hydroxylation sites is 1. The summed E-state index contributed by atoms with van der Waals surface area (Å²) in [5.41, 5.74) is 1.71. The second kappa shape index (κ2) is 8.34. The second-order valence-corrected chi connectivity index (χ2v) is 6.08. The molecule has 6 nitrogen and oxygen atoms in total. The third-order valence-electron chi connectivity index (χ3n) is 3.35. The second-order valence-electron chi connectivity index (χ2n) is 5.14.